The van der Waals surface area contributed by atoms with Crippen LogP contribution in [0.15, 0.2) is 54.7 Å². The van der Waals surface area contributed by atoms with E-state index >= 15 is 0 Å². The van der Waals surface area contributed by atoms with Gasteiger partial charge in [0.1, 0.15) is 5.82 Å². The minimum atomic E-state index is -0.748. The summed E-state index contributed by atoms with van der Waals surface area (Å²) in [7, 11) is 0. The van der Waals surface area contributed by atoms with Gasteiger partial charge in [-0.25, -0.2) is 14.2 Å². The third-order valence-corrected chi connectivity index (χ3v) is 3.12. The van der Waals surface area contributed by atoms with E-state index in [0.717, 1.165) is 0 Å². The van der Waals surface area contributed by atoms with Gasteiger partial charge < -0.3 is 10.1 Å². The number of amides is 1. The van der Waals surface area contributed by atoms with Gasteiger partial charge in [-0.1, -0.05) is 12.1 Å². The lowest BCUT2D eigenvalue weighted by Gasteiger charge is -2.06. The van der Waals surface area contributed by atoms with Crippen LogP contribution < -0.4 is 5.32 Å². The molecule has 3 rings (SSSR count). The van der Waals surface area contributed by atoms with Gasteiger partial charge in [-0.2, -0.15) is 0 Å². The van der Waals surface area contributed by atoms with Crippen LogP contribution in [0.4, 0.5) is 10.1 Å². The summed E-state index contributed by atoms with van der Waals surface area (Å²) in [4.78, 5) is 31.9. The molecule has 0 aliphatic carbocycles. The van der Waals surface area contributed by atoms with E-state index in [1.54, 1.807) is 18.2 Å². The highest BCUT2D eigenvalue weighted by molar-refractivity contribution is 5.95. The largest absolute Gasteiger partial charge is 0.451 e. The Hall–Kier alpha value is -3.35. The Labute approximate surface area is 136 Å². The van der Waals surface area contributed by atoms with E-state index in [1.165, 1.54) is 30.5 Å². The van der Waals surface area contributed by atoms with Crippen LogP contribution in [0, 0.1) is 5.82 Å². The number of anilines is 1. The van der Waals surface area contributed by atoms with Crippen LogP contribution >= 0.6 is 0 Å². The fraction of sp³-hybridized carbons (Fsp3) is 0.0588. The fourth-order valence-corrected chi connectivity index (χ4v) is 1.99. The second-order valence-corrected chi connectivity index (χ2v) is 4.88. The molecule has 1 amide bonds. The van der Waals surface area contributed by atoms with Crippen LogP contribution in [0.2, 0.25) is 0 Å². The Balaban J connectivity index is 1.59. The number of para-hydroxylation sites is 2. The zero-order valence-electron chi connectivity index (χ0n) is 12.4. The normalized spacial score (nSPS) is 10.4. The standard InChI is InChI=1S/C17H12FN3O3/c18-11-5-7-12(8-6-11)20-16(22)10-24-17(23)15-9-19-13-3-1-2-4-14(13)21-15/h1-9H,10H2,(H,20,22). The van der Waals surface area contributed by atoms with Crippen molar-refractivity contribution in [1.29, 1.82) is 0 Å². The molecule has 0 aliphatic heterocycles. The molecular weight excluding hydrogens is 313 g/mol. The first kappa shape index (κ1) is 15.5. The number of aromatic nitrogens is 2. The topological polar surface area (TPSA) is 81.2 Å². The van der Waals surface area contributed by atoms with E-state index in [2.05, 4.69) is 15.3 Å². The van der Waals surface area contributed by atoms with Crippen molar-refractivity contribution in [3.8, 4) is 0 Å². The molecule has 120 valence electrons. The zero-order chi connectivity index (χ0) is 16.9. The molecule has 24 heavy (non-hydrogen) atoms. The predicted octanol–water partition coefficient (Wildman–Crippen LogP) is 2.56. The molecular formula is C17H12FN3O3. The molecule has 0 fully saturated rings. The minimum Gasteiger partial charge on any atom is -0.451 e. The summed E-state index contributed by atoms with van der Waals surface area (Å²) >= 11 is 0. The second-order valence-electron chi connectivity index (χ2n) is 4.88. The average molecular weight is 325 g/mol. The molecule has 0 spiro atoms. The van der Waals surface area contributed by atoms with E-state index in [9.17, 15) is 14.0 Å². The Bertz CT molecular complexity index is 897. The number of carbonyl (C=O) groups is 2. The third-order valence-electron chi connectivity index (χ3n) is 3.12. The van der Waals surface area contributed by atoms with Crippen LogP contribution in [0.25, 0.3) is 11.0 Å². The molecule has 6 nitrogen and oxygen atoms in total. The molecule has 3 aromatic rings. The maximum absolute atomic E-state index is 12.8. The van der Waals surface area contributed by atoms with Crippen molar-refractivity contribution in [2.75, 3.05) is 11.9 Å². The van der Waals surface area contributed by atoms with E-state index in [-0.39, 0.29) is 5.69 Å². The highest BCUT2D eigenvalue weighted by Gasteiger charge is 2.13. The Kier molecular flexibility index (Phi) is 4.42. The number of hydrogen-bond donors (Lipinski definition) is 1. The number of fused-ring (bicyclic) bond motifs is 1. The molecule has 0 aliphatic rings. The third kappa shape index (κ3) is 3.70. The van der Waals surface area contributed by atoms with Gasteiger partial charge in [-0.3, -0.25) is 9.78 Å². The van der Waals surface area contributed by atoms with Crippen LogP contribution in [0.3, 0.4) is 0 Å². The van der Waals surface area contributed by atoms with E-state index in [1.807, 2.05) is 6.07 Å². The molecule has 7 heteroatoms. The zero-order valence-corrected chi connectivity index (χ0v) is 12.4. The summed E-state index contributed by atoms with van der Waals surface area (Å²) in [5, 5.41) is 2.49. The highest BCUT2D eigenvalue weighted by atomic mass is 19.1. The van der Waals surface area contributed by atoms with Crippen molar-refractivity contribution in [3.63, 3.8) is 0 Å². The van der Waals surface area contributed by atoms with Gasteiger partial charge in [0.2, 0.25) is 0 Å². The second kappa shape index (κ2) is 6.82. The van der Waals surface area contributed by atoms with E-state index in [4.69, 9.17) is 4.74 Å². The molecule has 0 bridgehead atoms. The molecule has 2 aromatic carbocycles. The molecule has 1 N–H and O–H groups in total. The minimum absolute atomic E-state index is 0.0169. The van der Waals surface area contributed by atoms with E-state index < -0.39 is 24.3 Å². The SMILES string of the molecule is O=C(COC(=O)c1cnc2ccccc2n1)Nc1ccc(F)cc1. The van der Waals surface area contributed by atoms with Crippen molar-refractivity contribution in [3.05, 3.63) is 66.2 Å². The number of esters is 1. The maximum atomic E-state index is 12.8. The number of carbonyl (C=O) groups excluding carboxylic acids is 2. The van der Waals surface area contributed by atoms with Crippen molar-refractivity contribution in [2.45, 2.75) is 0 Å². The van der Waals surface area contributed by atoms with Crippen molar-refractivity contribution < 1.29 is 18.7 Å². The number of ether oxygens (including phenoxy) is 1. The number of hydrogen-bond acceptors (Lipinski definition) is 5. The lowest BCUT2D eigenvalue weighted by Crippen LogP contribution is -2.21. The predicted molar refractivity (Wildman–Crippen MR) is 84.9 cm³/mol. The summed E-state index contributed by atoms with van der Waals surface area (Å²) in [6.07, 6.45) is 1.29. The molecule has 0 saturated carbocycles. The molecule has 0 radical (unpaired) electrons. The number of halogens is 1. The number of nitrogens with one attached hydrogen (secondary N) is 1. The van der Waals surface area contributed by atoms with Gasteiger partial charge in [0.25, 0.3) is 5.91 Å². The van der Waals surface area contributed by atoms with Crippen molar-refractivity contribution in [1.82, 2.24) is 9.97 Å². The van der Waals surface area contributed by atoms with Gasteiger partial charge in [0, 0.05) is 5.69 Å². The Morgan fingerprint density at radius 3 is 2.50 bits per heavy atom. The summed E-state index contributed by atoms with van der Waals surface area (Å²) < 4.78 is 17.7. The summed E-state index contributed by atoms with van der Waals surface area (Å²) in [6.45, 7) is -0.481. The lowest BCUT2D eigenvalue weighted by molar-refractivity contribution is -0.119. The van der Waals surface area contributed by atoms with Crippen LogP contribution in [-0.4, -0.2) is 28.5 Å². The number of nitrogens with zero attached hydrogens (tertiary/aromatic N) is 2. The lowest BCUT2D eigenvalue weighted by atomic mass is 10.3. The molecule has 1 aromatic heterocycles. The van der Waals surface area contributed by atoms with Crippen LogP contribution in [0.5, 0.6) is 0 Å². The van der Waals surface area contributed by atoms with Crippen molar-refractivity contribution in [2.24, 2.45) is 0 Å². The summed E-state index contributed by atoms with van der Waals surface area (Å²) in [5.41, 5.74) is 1.64. The molecule has 0 unspecified atom stereocenters. The summed E-state index contributed by atoms with van der Waals surface area (Å²) in [6, 6.07) is 12.3. The first-order valence-electron chi connectivity index (χ1n) is 7.06. The quantitative estimate of drug-likeness (QED) is 0.746. The van der Waals surface area contributed by atoms with Gasteiger partial charge in [0.15, 0.2) is 12.3 Å². The first-order chi connectivity index (χ1) is 11.6. The average Bonchev–Trinajstić information content (AvgIpc) is 2.61. The van der Waals surface area contributed by atoms with Gasteiger partial charge in [-0.05, 0) is 36.4 Å². The summed E-state index contributed by atoms with van der Waals surface area (Å²) in [5.74, 6) is -1.69. The Morgan fingerprint density at radius 1 is 1.04 bits per heavy atom. The van der Waals surface area contributed by atoms with Crippen LogP contribution in [-0.2, 0) is 9.53 Å². The molecule has 1 heterocycles. The Morgan fingerprint density at radius 2 is 1.75 bits per heavy atom. The van der Waals surface area contributed by atoms with Crippen LogP contribution in [0.1, 0.15) is 10.5 Å². The number of rotatable bonds is 4. The maximum Gasteiger partial charge on any atom is 0.359 e. The fourth-order valence-electron chi connectivity index (χ4n) is 1.99. The van der Waals surface area contributed by atoms with Gasteiger partial charge >= 0.3 is 5.97 Å². The smallest absolute Gasteiger partial charge is 0.359 e. The van der Waals surface area contributed by atoms with Crippen molar-refractivity contribution >= 4 is 28.6 Å². The van der Waals surface area contributed by atoms with E-state index in [0.29, 0.717) is 16.7 Å². The monoisotopic (exact) mass is 325 g/mol. The molecule has 0 saturated heterocycles. The number of benzene rings is 2. The highest BCUT2D eigenvalue weighted by Crippen LogP contribution is 2.10. The first-order valence-corrected chi connectivity index (χ1v) is 7.06. The van der Waals surface area contributed by atoms with Gasteiger partial charge in [-0.15, -0.1) is 0 Å². The molecule has 0 atom stereocenters. The van der Waals surface area contributed by atoms with Gasteiger partial charge in [0.05, 0.1) is 17.2 Å².